The predicted octanol–water partition coefficient (Wildman–Crippen LogP) is 1.25. The molecule has 0 spiro atoms. The number of aryl methyl sites for hydroxylation is 1. The van der Waals surface area contributed by atoms with Crippen LogP contribution < -0.4 is 0 Å². The lowest BCUT2D eigenvalue weighted by Crippen LogP contribution is -1.92. The number of hydrogen-bond acceptors (Lipinski definition) is 4. The fourth-order valence-corrected chi connectivity index (χ4v) is 1.59. The van der Waals surface area contributed by atoms with Crippen LogP contribution in [0.25, 0.3) is 10.6 Å². The normalized spacial score (nSPS) is 10.5. The average molecular weight is 180 g/mol. The second-order valence-electron chi connectivity index (χ2n) is 2.51. The maximum absolute atomic E-state index is 4.13. The van der Waals surface area contributed by atoms with Crippen LogP contribution in [-0.4, -0.2) is 19.1 Å². The Morgan fingerprint density at radius 2 is 2.33 bits per heavy atom. The largest absolute Gasteiger partial charge is 0.272 e. The smallest absolute Gasteiger partial charge is 0.147 e. The minimum Gasteiger partial charge on any atom is -0.272 e. The van der Waals surface area contributed by atoms with Crippen molar-refractivity contribution >= 4 is 11.5 Å². The molecular weight excluding hydrogens is 172 g/mol. The lowest BCUT2D eigenvalue weighted by Gasteiger charge is -1.93. The van der Waals surface area contributed by atoms with E-state index in [0.29, 0.717) is 0 Å². The molecule has 12 heavy (non-hydrogen) atoms. The fraction of sp³-hybridized carbons (Fsp3) is 0.286. The van der Waals surface area contributed by atoms with Gasteiger partial charge in [0.05, 0.1) is 11.8 Å². The zero-order valence-corrected chi connectivity index (χ0v) is 7.67. The molecule has 0 aromatic carbocycles. The van der Waals surface area contributed by atoms with Gasteiger partial charge in [0.25, 0.3) is 0 Å². The second-order valence-corrected chi connectivity index (χ2v) is 3.29. The summed E-state index contributed by atoms with van der Waals surface area (Å²) < 4.78 is 5.77. The summed E-state index contributed by atoms with van der Waals surface area (Å²) in [6, 6.07) is 0. The molecule has 2 rings (SSSR count). The molecule has 0 bridgehead atoms. The van der Waals surface area contributed by atoms with Crippen LogP contribution in [0, 0.1) is 6.92 Å². The van der Waals surface area contributed by atoms with E-state index in [1.807, 2.05) is 24.9 Å². The minimum absolute atomic E-state index is 0.931. The van der Waals surface area contributed by atoms with Crippen molar-refractivity contribution in [2.24, 2.45) is 7.05 Å². The second kappa shape index (κ2) is 2.67. The van der Waals surface area contributed by atoms with Gasteiger partial charge in [-0.05, 0) is 18.5 Å². The molecule has 0 aliphatic rings. The molecule has 0 unspecified atom stereocenters. The van der Waals surface area contributed by atoms with Crippen LogP contribution in [0.2, 0.25) is 0 Å². The third-order valence-electron chi connectivity index (χ3n) is 1.83. The Balaban J connectivity index is 2.55. The first kappa shape index (κ1) is 7.42. The van der Waals surface area contributed by atoms with Crippen LogP contribution in [0.15, 0.2) is 12.5 Å². The van der Waals surface area contributed by atoms with E-state index in [0.717, 1.165) is 16.3 Å². The van der Waals surface area contributed by atoms with Crippen LogP contribution in [0.4, 0.5) is 0 Å². The minimum atomic E-state index is 0.931. The van der Waals surface area contributed by atoms with Crippen molar-refractivity contribution < 1.29 is 0 Å². The van der Waals surface area contributed by atoms with E-state index in [1.165, 1.54) is 11.5 Å². The molecule has 4 nitrogen and oxygen atoms in total. The van der Waals surface area contributed by atoms with E-state index in [-0.39, 0.29) is 0 Å². The van der Waals surface area contributed by atoms with Gasteiger partial charge in [-0.15, -0.1) is 0 Å². The molecule has 0 fully saturated rings. The molecule has 0 N–H and O–H groups in total. The summed E-state index contributed by atoms with van der Waals surface area (Å²) >= 11 is 1.39. The van der Waals surface area contributed by atoms with Crippen LogP contribution in [0.5, 0.6) is 0 Å². The van der Waals surface area contributed by atoms with Crippen molar-refractivity contribution in [2.45, 2.75) is 6.92 Å². The van der Waals surface area contributed by atoms with Gasteiger partial charge in [0, 0.05) is 12.7 Å². The molecule has 62 valence electrons. The molecule has 2 heterocycles. The highest BCUT2D eigenvalue weighted by molar-refractivity contribution is 7.09. The highest BCUT2D eigenvalue weighted by Crippen LogP contribution is 2.22. The first-order valence-electron chi connectivity index (χ1n) is 3.54. The maximum atomic E-state index is 4.13. The summed E-state index contributed by atoms with van der Waals surface area (Å²) in [5.41, 5.74) is 2.19. The Hall–Kier alpha value is -1.23. The highest BCUT2D eigenvalue weighted by atomic mass is 32.1. The van der Waals surface area contributed by atoms with E-state index in [2.05, 4.69) is 14.5 Å². The van der Waals surface area contributed by atoms with Gasteiger partial charge >= 0.3 is 0 Å². The summed E-state index contributed by atoms with van der Waals surface area (Å²) in [4.78, 5) is 4.11. The topological polar surface area (TPSA) is 43.6 Å². The van der Waals surface area contributed by atoms with Crippen LogP contribution in [0.1, 0.15) is 5.69 Å². The Bertz CT molecular complexity index is 376. The van der Waals surface area contributed by atoms with Crippen molar-refractivity contribution in [3.63, 3.8) is 0 Å². The summed E-state index contributed by atoms with van der Waals surface area (Å²) in [7, 11) is 1.92. The molecule has 0 amide bonds. The lowest BCUT2D eigenvalue weighted by atomic mass is 10.3. The predicted molar refractivity (Wildman–Crippen MR) is 46.8 cm³/mol. The first-order valence-corrected chi connectivity index (χ1v) is 4.32. The standard InChI is InChI=1S/C7H8N4S/c1-5-6(3-9-11(5)2)7-8-4-10-12-7/h3-4H,1-2H3. The van der Waals surface area contributed by atoms with Crippen LogP contribution in [-0.2, 0) is 7.05 Å². The van der Waals surface area contributed by atoms with Gasteiger partial charge in [-0.3, -0.25) is 4.68 Å². The van der Waals surface area contributed by atoms with Gasteiger partial charge in [0.1, 0.15) is 11.3 Å². The molecule has 0 atom stereocenters. The number of rotatable bonds is 1. The zero-order valence-electron chi connectivity index (χ0n) is 6.85. The van der Waals surface area contributed by atoms with Gasteiger partial charge in [0.15, 0.2) is 0 Å². The first-order chi connectivity index (χ1) is 5.79. The van der Waals surface area contributed by atoms with Crippen molar-refractivity contribution in [3.05, 3.63) is 18.2 Å². The summed E-state index contributed by atoms with van der Waals surface area (Å²) in [6.07, 6.45) is 3.38. The quantitative estimate of drug-likeness (QED) is 0.663. The molecule has 2 aromatic heterocycles. The Labute approximate surface area is 74.0 Å². The summed E-state index contributed by atoms with van der Waals surface area (Å²) in [5, 5.41) is 5.06. The summed E-state index contributed by atoms with van der Waals surface area (Å²) in [5.74, 6) is 0. The Morgan fingerprint density at radius 1 is 1.50 bits per heavy atom. The van der Waals surface area contributed by atoms with E-state index in [9.17, 15) is 0 Å². The van der Waals surface area contributed by atoms with Crippen molar-refractivity contribution in [3.8, 4) is 10.6 Å². The molecule has 0 saturated carbocycles. The maximum Gasteiger partial charge on any atom is 0.147 e. The molecule has 0 aliphatic carbocycles. The van der Waals surface area contributed by atoms with E-state index in [4.69, 9.17) is 0 Å². The molecule has 5 heteroatoms. The van der Waals surface area contributed by atoms with Crippen molar-refractivity contribution in [2.75, 3.05) is 0 Å². The van der Waals surface area contributed by atoms with Crippen molar-refractivity contribution in [1.29, 1.82) is 0 Å². The van der Waals surface area contributed by atoms with Gasteiger partial charge < -0.3 is 0 Å². The molecule has 2 aromatic rings. The number of hydrogen-bond donors (Lipinski definition) is 0. The highest BCUT2D eigenvalue weighted by Gasteiger charge is 2.08. The van der Waals surface area contributed by atoms with E-state index < -0.39 is 0 Å². The van der Waals surface area contributed by atoms with Crippen LogP contribution >= 0.6 is 11.5 Å². The molecule has 0 saturated heterocycles. The van der Waals surface area contributed by atoms with Gasteiger partial charge in [-0.2, -0.15) is 9.47 Å². The number of aromatic nitrogens is 4. The molecule has 0 radical (unpaired) electrons. The molecular formula is C7H8N4S. The SMILES string of the molecule is Cc1c(-c2ncns2)cnn1C. The third-order valence-corrected chi connectivity index (χ3v) is 2.52. The van der Waals surface area contributed by atoms with Crippen LogP contribution in [0.3, 0.4) is 0 Å². The molecule has 0 aliphatic heterocycles. The third kappa shape index (κ3) is 1.02. The fourth-order valence-electron chi connectivity index (χ4n) is 1.00. The lowest BCUT2D eigenvalue weighted by molar-refractivity contribution is 0.740. The Kier molecular flexibility index (Phi) is 1.65. The zero-order chi connectivity index (χ0) is 8.55. The van der Waals surface area contributed by atoms with Crippen molar-refractivity contribution in [1.82, 2.24) is 19.1 Å². The average Bonchev–Trinajstić information content (AvgIpc) is 2.64. The Morgan fingerprint density at radius 3 is 2.83 bits per heavy atom. The monoisotopic (exact) mass is 180 g/mol. The van der Waals surface area contributed by atoms with Gasteiger partial charge in [0.2, 0.25) is 0 Å². The number of nitrogens with zero attached hydrogens (tertiary/aromatic N) is 4. The van der Waals surface area contributed by atoms with E-state index >= 15 is 0 Å². The summed E-state index contributed by atoms with van der Waals surface area (Å²) in [6.45, 7) is 2.02. The van der Waals surface area contributed by atoms with E-state index in [1.54, 1.807) is 6.33 Å². The van der Waals surface area contributed by atoms with Gasteiger partial charge in [-0.1, -0.05) is 0 Å². The van der Waals surface area contributed by atoms with Gasteiger partial charge in [-0.25, -0.2) is 4.98 Å².